The van der Waals surface area contributed by atoms with Crippen LogP contribution >= 0.6 is 0 Å². The maximum atomic E-state index is 12.8. The topological polar surface area (TPSA) is 67.7 Å². The average molecular weight is 307 g/mol. The molecule has 9 heteroatoms. The fraction of sp³-hybridized carbons (Fsp3) is 0.667. The van der Waals surface area contributed by atoms with Gasteiger partial charge in [-0.15, -0.1) is 5.10 Å². The van der Waals surface area contributed by atoms with E-state index >= 15 is 0 Å². The van der Waals surface area contributed by atoms with Crippen molar-refractivity contribution in [3.05, 3.63) is 17.8 Å². The molecule has 1 fully saturated rings. The normalized spacial score (nSPS) is 21.5. The first-order chi connectivity index (χ1) is 9.91. The van der Waals surface area contributed by atoms with Crippen LogP contribution in [0.2, 0.25) is 0 Å². The van der Waals surface area contributed by atoms with Crippen molar-refractivity contribution in [2.45, 2.75) is 24.9 Å². The molecule has 2 atom stereocenters. The number of aromatic nitrogens is 2. The van der Waals surface area contributed by atoms with Crippen LogP contribution in [0.4, 0.5) is 13.2 Å². The van der Waals surface area contributed by atoms with Gasteiger partial charge in [0, 0.05) is 20.2 Å². The van der Waals surface area contributed by atoms with Gasteiger partial charge in [0.1, 0.15) is 17.9 Å². The first-order valence-corrected chi connectivity index (χ1v) is 6.38. The van der Waals surface area contributed by atoms with E-state index in [1.54, 1.807) is 4.90 Å². The number of methoxy groups -OCH3 is 1. The lowest BCUT2D eigenvalue weighted by atomic mass is 10.3. The Morgan fingerprint density at radius 2 is 2.29 bits per heavy atom. The standard InChI is InChI=1S/C12H16F3N3O3/c1-20-7-10(19)18-5-3-8(6-18)21-11-9(12(13,14)15)2-4-16-17-11/h2,4,8,10,19H,3,5-7H2,1H3/t8-,10?/m0/s1. The van der Waals surface area contributed by atoms with Gasteiger partial charge < -0.3 is 14.6 Å². The monoisotopic (exact) mass is 307 g/mol. The van der Waals surface area contributed by atoms with Crippen molar-refractivity contribution < 1.29 is 27.8 Å². The smallest absolute Gasteiger partial charge is 0.421 e. The fourth-order valence-electron chi connectivity index (χ4n) is 2.15. The Morgan fingerprint density at radius 3 is 2.95 bits per heavy atom. The van der Waals surface area contributed by atoms with E-state index in [9.17, 15) is 18.3 Å². The Bertz CT molecular complexity index is 473. The second-order valence-corrected chi connectivity index (χ2v) is 4.71. The molecule has 1 aliphatic rings. The highest BCUT2D eigenvalue weighted by molar-refractivity contribution is 5.26. The van der Waals surface area contributed by atoms with Gasteiger partial charge in [-0.05, 0) is 12.5 Å². The maximum absolute atomic E-state index is 12.8. The zero-order valence-corrected chi connectivity index (χ0v) is 11.4. The molecule has 1 saturated heterocycles. The highest BCUT2D eigenvalue weighted by Gasteiger charge is 2.37. The van der Waals surface area contributed by atoms with Crippen LogP contribution in [0, 0.1) is 0 Å². The van der Waals surface area contributed by atoms with Crippen LogP contribution in [0.25, 0.3) is 0 Å². The van der Waals surface area contributed by atoms with Crippen LogP contribution in [0.5, 0.6) is 5.88 Å². The molecule has 21 heavy (non-hydrogen) atoms. The minimum Gasteiger partial charge on any atom is -0.471 e. The number of likely N-dealkylation sites (tertiary alicyclic amines) is 1. The van der Waals surface area contributed by atoms with E-state index in [1.807, 2.05) is 0 Å². The zero-order chi connectivity index (χ0) is 15.5. The Labute approximate surface area is 119 Å². The third-order valence-corrected chi connectivity index (χ3v) is 3.18. The molecular formula is C12H16F3N3O3. The van der Waals surface area contributed by atoms with Crippen molar-refractivity contribution >= 4 is 0 Å². The van der Waals surface area contributed by atoms with Crippen molar-refractivity contribution in [1.29, 1.82) is 0 Å². The molecule has 0 aliphatic carbocycles. The van der Waals surface area contributed by atoms with Gasteiger partial charge >= 0.3 is 6.18 Å². The molecule has 1 aliphatic heterocycles. The van der Waals surface area contributed by atoms with Gasteiger partial charge in [-0.1, -0.05) is 0 Å². The van der Waals surface area contributed by atoms with Gasteiger partial charge in [0.2, 0.25) is 5.88 Å². The predicted octanol–water partition coefficient (Wildman–Crippen LogP) is 0.913. The third-order valence-electron chi connectivity index (χ3n) is 3.18. The minimum absolute atomic E-state index is 0.131. The highest BCUT2D eigenvalue weighted by atomic mass is 19.4. The van der Waals surface area contributed by atoms with Gasteiger partial charge in [0.15, 0.2) is 0 Å². The summed E-state index contributed by atoms with van der Waals surface area (Å²) in [7, 11) is 1.46. The average Bonchev–Trinajstić information content (AvgIpc) is 2.87. The summed E-state index contributed by atoms with van der Waals surface area (Å²) >= 11 is 0. The Kier molecular flexibility index (Phi) is 4.96. The molecule has 0 spiro atoms. The lowest BCUT2D eigenvalue weighted by Gasteiger charge is -2.22. The number of hydrogen-bond acceptors (Lipinski definition) is 6. The van der Waals surface area contributed by atoms with E-state index in [1.165, 1.54) is 7.11 Å². The van der Waals surface area contributed by atoms with Gasteiger partial charge in [0.05, 0.1) is 12.8 Å². The summed E-state index contributed by atoms with van der Waals surface area (Å²) in [6.07, 6.45) is -4.35. The van der Waals surface area contributed by atoms with E-state index in [2.05, 4.69) is 10.2 Å². The zero-order valence-electron chi connectivity index (χ0n) is 11.4. The molecule has 0 aromatic carbocycles. The summed E-state index contributed by atoms with van der Waals surface area (Å²) in [5, 5.41) is 16.6. The fourth-order valence-corrected chi connectivity index (χ4v) is 2.15. The number of nitrogens with zero attached hydrogens (tertiary/aromatic N) is 3. The summed E-state index contributed by atoms with van der Waals surface area (Å²) in [5.41, 5.74) is -0.951. The van der Waals surface area contributed by atoms with Crippen LogP contribution in [-0.2, 0) is 10.9 Å². The molecule has 2 heterocycles. The van der Waals surface area contributed by atoms with Gasteiger partial charge in [-0.3, -0.25) is 4.90 Å². The first kappa shape index (κ1) is 15.9. The van der Waals surface area contributed by atoms with Crippen molar-refractivity contribution in [2.24, 2.45) is 0 Å². The van der Waals surface area contributed by atoms with Crippen molar-refractivity contribution in [2.75, 3.05) is 26.8 Å². The van der Waals surface area contributed by atoms with Crippen LogP contribution < -0.4 is 4.74 Å². The van der Waals surface area contributed by atoms with Gasteiger partial charge in [0.25, 0.3) is 0 Å². The maximum Gasteiger partial charge on any atom is 0.421 e. The SMILES string of the molecule is COCC(O)N1CC[C@H](Oc2nnccc2C(F)(F)F)C1. The molecule has 0 saturated carbocycles. The van der Waals surface area contributed by atoms with Crippen LogP contribution in [0.3, 0.4) is 0 Å². The summed E-state index contributed by atoms with van der Waals surface area (Å²) in [4.78, 5) is 1.68. The molecule has 1 aromatic rings. The third kappa shape index (κ3) is 4.02. The molecule has 118 valence electrons. The molecule has 1 unspecified atom stereocenters. The van der Waals surface area contributed by atoms with Crippen LogP contribution in [0.15, 0.2) is 12.3 Å². The Morgan fingerprint density at radius 1 is 1.52 bits per heavy atom. The molecule has 0 radical (unpaired) electrons. The molecule has 2 rings (SSSR count). The lowest BCUT2D eigenvalue weighted by Crippen LogP contribution is -2.37. The second kappa shape index (κ2) is 6.54. The van der Waals surface area contributed by atoms with Crippen molar-refractivity contribution in [3.63, 3.8) is 0 Å². The first-order valence-electron chi connectivity index (χ1n) is 6.38. The van der Waals surface area contributed by atoms with Crippen LogP contribution in [-0.4, -0.2) is 59.3 Å². The van der Waals surface area contributed by atoms with Crippen LogP contribution in [0.1, 0.15) is 12.0 Å². The highest BCUT2D eigenvalue weighted by Crippen LogP contribution is 2.35. The molecule has 0 amide bonds. The molecular weight excluding hydrogens is 291 g/mol. The molecule has 1 aromatic heterocycles. The van der Waals surface area contributed by atoms with Gasteiger partial charge in [-0.2, -0.15) is 18.3 Å². The van der Waals surface area contributed by atoms with Crippen molar-refractivity contribution in [3.8, 4) is 5.88 Å². The number of hydrogen-bond donors (Lipinski definition) is 1. The lowest BCUT2D eigenvalue weighted by molar-refractivity contribution is -0.139. The van der Waals surface area contributed by atoms with Gasteiger partial charge in [-0.25, -0.2) is 0 Å². The predicted molar refractivity (Wildman–Crippen MR) is 65.5 cm³/mol. The quantitative estimate of drug-likeness (QED) is 0.872. The number of alkyl halides is 3. The molecule has 1 N–H and O–H groups in total. The summed E-state index contributed by atoms with van der Waals surface area (Å²) in [6, 6.07) is 0.828. The summed E-state index contributed by atoms with van der Waals surface area (Å²) in [5.74, 6) is -0.530. The number of halogens is 3. The number of aliphatic hydroxyl groups excluding tert-OH is 1. The van der Waals surface area contributed by atoms with E-state index < -0.39 is 30.0 Å². The van der Waals surface area contributed by atoms with E-state index in [0.29, 0.717) is 19.5 Å². The Hall–Kier alpha value is -1.45. The van der Waals surface area contributed by atoms with Crippen molar-refractivity contribution in [1.82, 2.24) is 15.1 Å². The molecule has 6 nitrogen and oxygen atoms in total. The molecule has 0 bridgehead atoms. The Balaban J connectivity index is 2.01. The summed E-state index contributed by atoms with van der Waals surface area (Å²) < 4.78 is 48.6. The minimum atomic E-state index is -4.54. The number of aliphatic hydroxyl groups is 1. The summed E-state index contributed by atoms with van der Waals surface area (Å²) in [6.45, 7) is 0.945. The second-order valence-electron chi connectivity index (χ2n) is 4.71. The van der Waals surface area contributed by atoms with E-state index in [-0.39, 0.29) is 6.61 Å². The largest absolute Gasteiger partial charge is 0.471 e. The van der Waals surface area contributed by atoms with E-state index in [4.69, 9.17) is 9.47 Å². The number of rotatable bonds is 5. The number of ether oxygens (including phenoxy) is 2. The van der Waals surface area contributed by atoms with E-state index in [0.717, 1.165) is 12.3 Å².